The van der Waals surface area contributed by atoms with Crippen LogP contribution in [0.5, 0.6) is 0 Å². The first-order chi connectivity index (χ1) is 47.5. The molecule has 6 aliphatic heterocycles. The number of aromatic nitrogens is 6. The van der Waals surface area contributed by atoms with E-state index in [4.69, 9.17) is 44.3 Å². The van der Waals surface area contributed by atoms with Crippen LogP contribution in [-0.2, 0) is 30.3 Å². The van der Waals surface area contributed by atoms with E-state index in [1.807, 2.05) is 101 Å². The summed E-state index contributed by atoms with van der Waals surface area (Å²) in [6, 6.07) is 23.7. The smallest absolute Gasteiger partial charge is 0.231 e. The first kappa shape index (κ1) is 73.4. The van der Waals surface area contributed by atoms with Gasteiger partial charge in [0.15, 0.2) is 11.8 Å². The highest BCUT2D eigenvalue weighted by Crippen LogP contribution is 2.40. The molecule has 3 aromatic heterocycles. The SMILES string of the molecule is C=C1Nc2ncnc(N3CCN(C(=O)[C@H](CNC(C)C)c4ccc(Cl)cc4)CC3)c2C[C@@H]1C.C=C1Nc2ncnc(N3CCN(C(=O)[C@H](CNC(C)C)c4ccc(Cl)cc4)CC3)c2[C@@H](C)O1.C=C1Nc2ncnc(N3CCN(C(=O)[C@H](CNC(C)C)c4ccc(Cl)cc4)CC3)c2[C@H](C)O1. The lowest BCUT2D eigenvalue weighted by Crippen LogP contribution is -2.51. The zero-order valence-corrected chi connectivity index (χ0v) is 60.6. The molecule has 3 amide bonds. The second-order valence-corrected chi connectivity index (χ2v) is 28.1. The van der Waals surface area contributed by atoms with Gasteiger partial charge in [-0.05, 0) is 92.4 Å². The molecule has 0 radical (unpaired) electrons. The maximum atomic E-state index is 13.5. The molecule has 0 aliphatic carbocycles. The number of piperazine rings is 3. The first-order valence-corrected chi connectivity index (χ1v) is 35.5. The van der Waals surface area contributed by atoms with E-state index in [1.54, 1.807) is 19.0 Å². The van der Waals surface area contributed by atoms with Gasteiger partial charge in [0.2, 0.25) is 17.7 Å². The Kier molecular flexibility index (Phi) is 25.0. The van der Waals surface area contributed by atoms with Crippen molar-refractivity contribution in [3.8, 4) is 0 Å². The lowest BCUT2D eigenvalue weighted by molar-refractivity contribution is -0.133. The molecule has 0 spiro atoms. The minimum atomic E-state index is -0.258. The number of hydrogen-bond acceptors (Lipinski definition) is 20. The number of rotatable bonds is 18. The summed E-state index contributed by atoms with van der Waals surface area (Å²) in [5.74, 6) is 5.92. The lowest BCUT2D eigenvalue weighted by atomic mass is 9.95. The van der Waals surface area contributed by atoms with E-state index in [9.17, 15) is 14.4 Å². The fourth-order valence-electron chi connectivity index (χ4n) is 13.0. The highest BCUT2D eigenvalue weighted by molar-refractivity contribution is 6.31. The molecule has 3 saturated heterocycles. The Bertz CT molecular complexity index is 3620. The Morgan fingerprint density at radius 3 is 1.08 bits per heavy atom. The van der Waals surface area contributed by atoms with Crippen molar-refractivity contribution in [3.05, 3.63) is 177 Å². The number of hydrogen-bond donors (Lipinski definition) is 6. The molecule has 23 nitrogen and oxygen atoms in total. The van der Waals surface area contributed by atoms with Gasteiger partial charge in [-0.1, -0.05) is 126 Å². The maximum Gasteiger partial charge on any atom is 0.231 e. The summed E-state index contributed by atoms with van der Waals surface area (Å²) < 4.78 is 11.5. The van der Waals surface area contributed by atoms with Gasteiger partial charge in [0.1, 0.15) is 66.1 Å². The number of carbonyl (C=O) groups is 3. The normalized spacial score (nSPS) is 19.1. The van der Waals surface area contributed by atoms with Crippen LogP contribution in [0.4, 0.5) is 34.9 Å². The number of halogens is 3. The average molecular weight is 1410 g/mol. The molecule has 9 heterocycles. The van der Waals surface area contributed by atoms with Crippen LogP contribution in [0.15, 0.2) is 129 Å². The number of nitrogens with one attached hydrogen (secondary N) is 6. The predicted molar refractivity (Wildman–Crippen MR) is 395 cm³/mol. The van der Waals surface area contributed by atoms with E-state index in [-0.39, 0.29) is 47.7 Å². The quantitative estimate of drug-likeness (QED) is 0.0469. The monoisotopic (exact) mass is 1410 g/mol. The number of benzene rings is 3. The van der Waals surface area contributed by atoms with Crippen LogP contribution in [0, 0.1) is 5.92 Å². The van der Waals surface area contributed by atoms with Crippen LogP contribution in [0.25, 0.3) is 0 Å². The molecule has 6 atom stereocenters. The van der Waals surface area contributed by atoms with E-state index in [1.165, 1.54) is 0 Å². The molecule has 3 aromatic carbocycles. The largest absolute Gasteiger partial charge is 0.471 e. The number of amides is 3. The van der Waals surface area contributed by atoms with Crippen LogP contribution in [0.3, 0.4) is 0 Å². The van der Waals surface area contributed by atoms with Crippen LogP contribution < -0.4 is 46.6 Å². The Morgan fingerprint density at radius 2 is 0.758 bits per heavy atom. The van der Waals surface area contributed by atoms with Gasteiger partial charge >= 0.3 is 0 Å². The van der Waals surface area contributed by atoms with E-state index in [0.29, 0.717) is 136 Å². The molecule has 0 unspecified atom stereocenters. The molecule has 12 rings (SSSR count). The van der Waals surface area contributed by atoms with Crippen molar-refractivity contribution in [2.75, 3.05) is 129 Å². The fraction of sp³-hybridized carbons (Fsp3) is 0.466. The number of fused-ring (bicyclic) bond motifs is 3. The summed E-state index contributed by atoms with van der Waals surface area (Å²) in [6.07, 6.45) is 5.20. The highest BCUT2D eigenvalue weighted by atomic mass is 35.5. The second-order valence-electron chi connectivity index (χ2n) is 26.8. The summed E-state index contributed by atoms with van der Waals surface area (Å²) in [5.41, 5.74) is 6.91. The van der Waals surface area contributed by atoms with Gasteiger partial charge in [0.25, 0.3) is 0 Å². The summed E-state index contributed by atoms with van der Waals surface area (Å²) >= 11 is 18.2. The zero-order valence-electron chi connectivity index (χ0n) is 58.3. The maximum absolute atomic E-state index is 13.5. The Balaban J connectivity index is 0.000000161. The minimum Gasteiger partial charge on any atom is -0.471 e. The summed E-state index contributed by atoms with van der Waals surface area (Å²) in [6.45, 7) is 40.2. The third-order valence-corrected chi connectivity index (χ3v) is 19.3. The topological polar surface area (TPSA) is 239 Å². The Morgan fingerprint density at radius 1 is 0.455 bits per heavy atom. The Hall–Kier alpha value is -8.32. The van der Waals surface area contributed by atoms with Crippen molar-refractivity contribution in [3.63, 3.8) is 0 Å². The molecule has 6 aromatic rings. The molecular weight excluding hydrogens is 1320 g/mol. The van der Waals surface area contributed by atoms with Crippen molar-refractivity contribution in [1.82, 2.24) is 60.6 Å². The number of anilines is 6. The van der Waals surface area contributed by atoms with Crippen molar-refractivity contribution < 1.29 is 23.9 Å². The molecule has 3 fully saturated rings. The van der Waals surface area contributed by atoms with E-state index >= 15 is 0 Å². The second kappa shape index (κ2) is 33.7. The van der Waals surface area contributed by atoms with Crippen molar-refractivity contribution in [2.24, 2.45) is 5.92 Å². The average Bonchev–Trinajstić information content (AvgIpc) is 0.795. The van der Waals surface area contributed by atoms with Gasteiger partial charge in [0, 0.05) is 143 Å². The zero-order chi connectivity index (χ0) is 70.6. The summed E-state index contributed by atoms with van der Waals surface area (Å²) in [5, 5.41) is 21.8. The molecule has 26 heteroatoms. The van der Waals surface area contributed by atoms with Crippen LogP contribution in [0.2, 0.25) is 15.1 Å². The Labute approximate surface area is 597 Å². The van der Waals surface area contributed by atoms with Crippen LogP contribution in [0.1, 0.15) is 126 Å². The van der Waals surface area contributed by atoms with Crippen molar-refractivity contribution >= 4 is 87.4 Å². The molecule has 0 saturated carbocycles. The predicted octanol–water partition coefficient (Wildman–Crippen LogP) is 10.7. The molecule has 6 N–H and O–H groups in total. The highest BCUT2D eigenvalue weighted by Gasteiger charge is 2.37. The first-order valence-electron chi connectivity index (χ1n) is 34.3. The molecular formula is C73H95Cl3N18O5. The summed E-state index contributed by atoms with van der Waals surface area (Å²) in [4.78, 5) is 79.9. The van der Waals surface area contributed by atoms with E-state index in [2.05, 4.69) is 145 Å². The lowest BCUT2D eigenvalue weighted by Gasteiger charge is -2.39. The third-order valence-electron chi connectivity index (χ3n) is 18.6. The fourth-order valence-corrected chi connectivity index (χ4v) is 13.4. The van der Waals surface area contributed by atoms with E-state index < -0.39 is 0 Å². The number of nitrogens with zero attached hydrogens (tertiary/aromatic N) is 12. The minimum absolute atomic E-state index is 0.129. The molecule has 0 bridgehead atoms. The standard InChI is InChI=1S/C25H33ClN6O.2C24H31ClN6O2/c1-16(2)27-14-22(19-5-7-20(26)8-6-19)25(33)32-11-9-31(10-12-32)24-21-13-17(3)18(4)30-23(21)28-15-29-24;2*1-15(2)26-13-20(18-5-7-19(25)8-6-18)24(32)31-11-9-30(10-12-31)23-21-16(3)33-17(4)29-22(21)27-14-28-23/h5-8,15-17,22,27H,4,9-14H2,1-3H3,(H,28,29,30);2*5-8,14-16,20,26H,4,9-13H2,1-3H3,(H,27,28,29)/t17-,22+;16-,20+;16-,20-/m001/s1. The van der Waals surface area contributed by atoms with Crippen molar-refractivity contribution in [1.29, 1.82) is 0 Å². The number of ether oxygens (including phenoxy) is 2. The van der Waals surface area contributed by atoms with Gasteiger partial charge < -0.3 is 70.8 Å². The molecule has 6 aliphatic rings. The number of allylic oxidation sites excluding steroid dienone is 1. The molecule has 99 heavy (non-hydrogen) atoms. The van der Waals surface area contributed by atoms with Gasteiger partial charge in [-0.15, -0.1) is 0 Å². The number of carbonyl (C=O) groups excluding carboxylic acids is 3. The van der Waals surface area contributed by atoms with Crippen molar-refractivity contribution in [2.45, 2.75) is 117 Å². The van der Waals surface area contributed by atoms with E-state index in [0.717, 1.165) is 93.5 Å². The molecule has 528 valence electrons. The van der Waals surface area contributed by atoms with Gasteiger partial charge in [-0.3, -0.25) is 14.4 Å². The van der Waals surface area contributed by atoms with Gasteiger partial charge in [0.05, 0.1) is 28.9 Å². The third kappa shape index (κ3) is 18.6. The van der Waals surface area contributed by atoms with Crippen LogP contribution >= 0.6 is 34.8 Å². The summed E-state index contributed by atoms with van der Waals surface area (Å²) in [7, 11) is 0. The van der Waals surface area contributed by atoms with Gasteiger partial charge in [-0.25, -0.2) is 29.9 Å². The van der Waals surface area contributed by atoms with Crippen LogP contribution in [-0.4, -0.2) is 179 Å². The van der Waals surface area contributed by atoms with Gasteiger partial charge in [-0.2, -0.15) is 0 Å².